The van der Waals surface area contributed by atoms with E-state index in [1.54, 1.807) is 0 Å². The Bertz CT molecular complexity index is 639. The molecule has 2 N–H and O–H groups in total. The van der Waals surface area contributed by atoms with Gasteiger partial charge in [0.1, 0.15) is 0 Å². The lowest BCUT2D eigenvalue weighted by atomic mass is 9.91. The average Bonchev–Trinajstić information content (AvgIpc) is 2.91. The summed E-state index contributed by atoms with van der Waals surface area (Å²) in [7, 11) is 0. The molecule has 1 aromatic carbocycles. The van der Waals surface area contributed by atoms with Crippen LogP contribution in [0.25, 0.3) is 0 Å². The van der Waals surface area contributed by atoms with Crippen molar-refractivity contribution in [1.29, 1.82) is 0 Å². The number of hydrogen-bond acceptors (Lipinski definition) is 4. The Balaban J connectivity index is 1.29. The van der Waals surface area contributed by atoms with E-state index >= 15 is 0 Å². The summed E-state index contributed by atoms with van der Waals surface area (Å²) in [6, 6.07) is 8.27. The largest absolute Gasteiger partial charge is 0.330 e. The zero-order valence-electron chi connectivity index (χ0n) is 14.1. The van der Waals surface area contributed by atoms with Crippen LogP contribution in [-0.2, 0) is 13.1 Å². The SMILES string of the molecule is O=C1c2ccc(CN3CC4CC(C3)N4)cc2CN1C1CCCNC1. The van der Waals surface area contributed by atoms with E-state index in [1.807, 2.05) is 0 Å². The normalized spacial score (nSPS) is 32.6. The third-order valence-corrected chi connectivity index (χ3v) is 6.12. The van der Waals surface area contributed by atoms with Gasteiger partial charge in [-0.3, -0.25) is 9.69 Å². The number of amides is 1. The highest BCUT2D eigenvalue weighted by Gasteiger charge is 2.37. The number of piperazine rings is 1. The number of hydrogen-bond donors (Lipinski definition) is 2. The highest BCUT2D eigenvalue weighted by atomic mass is 16.2. The molecular formula is C19H26N4O. The Morgan fingerprint density at radius 3 is 2.79 bits per heavy atom. The molecule has 5 nitrogen and oxygen atoms in total. The third-order valence-electron chi connectivity index (χ3n) is 6.12. The van der Waals surface area contributed by atoms with Gasteiger partial charge in [0.15, 0.2) is 0 Å². The van der Waals surface area contributed by atoms with E-state index < -0.39 is 0 Å². The predicted octanol–water partition coefficient (Wildman–Crippen LogP) is 0.940. The minimum absolute atomic E-state index is 0.230. The van der Waals surface area contributed by atoms with Gasteiger partial charge in [0.2, 0.25) is 0 Å². The molecule has 4 fully saturated rings. The summed E-state index contributed by atoms with van der Waals surface area (Å²) in [5.41, 5.74) is 3.50. The zero-order valence-corrected chi connectivity index (χ0v) is 14.1. The van der Waals surface area contributed by atoms with Gasteiger partial charge in [-0.25, -0.2) is 0 Å². The molecule has 0 aliphatic carbocycles. The van der Waals surface area contributed by atoms with Crippen molar-refractivity contribution in [3.8, 4) is 0 Å². The molecule has 1 amide bonds. The molecule has 128 valence electrons. The number of carbonyl (C=O) groups excluding carboxylic acids is 1. The van der Waals surface area contributed by atoms with Crippen molar-refractivity contribution in [3.05, 3.63) is 34.9 Å². The van der Waals surface area contributed by atoms with Gasteiger partial charge in [0.25, 0.3) is 5.91 Å². The molecule has 6 rings (SSSR count). The minimum atomic E-state index is 0.230. The number of rotatable bonds is 3. The van der Waals surface area contributed by atoms with E-state index in [-0.39, 0.29) is 5.91 Å². The predicted molar refractivity (Wildman–Crippen MR) is 92.8 cm³/mol. The molecule has 0 radical (unpaired) electrons. The fourth-order valence-electron chi connectivity index (χ4n) is 4.88. The summed E-state index contributed by atoms with van der Waals surface area (Å²) in [4.78, 5) is 17.4. The third kappa shape index (κ3) is 2.55. The topological polar surface area (TPSA) is 47.6 Å². The number of piperidine rings is 2. The van der Waals surface area contributed by atoms with Crippen LogP contribution in [0.15, 0.2) is 18.2 Å². The van der Waals surface area contributed by atoms with Crippen LogP contribution in [0.1, 0.15) is 40.7 Å². The van der Waals surface area contributed by atoms with Crippen LogP contribution < -0.4 is 10.6 Å². The van der Waals surface area contributed by atoms with Crippen molar-refractivity contribution >= 4 is 5.91 Å². The average molecular weight is 326 g/mol. The highest BCUT2D eigenvalue weighted by molar-refractivity contribution is 5.98. The number of carbonyl (C=O) groups is 1. The smallest absolute Gasteiger partial charge is 0.254 e. The first-order chi connectivity index (χ1) is 11.8. The maximum atomic E-state index is 12.7. The summed E-state index contributed by atoms with van der Waals surface area (Å²) in [5.74, 6) is 0.230. The summed E-state index contributed by atoms with van der Waals surface area (Å²) < 4.78 is 0. The van der Waals surface area contributed by atoms with Crippen LogP contribution in [0.3, 0.4) is 0 Å². The molecule has 5 aliphatic rings. The highest BCUT2D eigenvalue weighted by Crippen LogP contribution is 2.29. The molecule has 0 spiro atoms. The van der Waals surface area contributed by atoms with Crippen molar-refractivity contribution in [2.45, 2.75) is 50.5 Å². The van der Waals surface area contributed by atoms with Crippen LogP contribution in [0.5, 0.6) is 0 Å². The van der Waals surface area contributed by atoms with E-state index in [9.17, 15) is 4.79 Å². The molecule has 1 aromatic rings. The first-order valence-corrected chi connectivity index (χ1v) is 9.38. The lowest BCUT2D eigenvalue weighted by molar-refractivity contribution is 0.0674. The Labute approximate surface area is 143 Å². The maximum absolute atomic E-state index is 12.7. The first kappa shape index (κ1) is 14.9. The Kier molecular flexibility index (Phi) is 3.61. The number of benzene rings is 1. The second-order valence-electron chi connectivity index (χ2n) is 7.92. The van der Waals surface area contributed by atoms with Crippen molar-refractivity contribution < 1.29 is 4.79 Å². The fourth-order valence-corrected chi connectivity index (χ4v) is 4.88. The fraction of sp³-hybridized carbons (Fsp3) is 0.632. The second kappa shape index (κ2) is 5.83. The second-order valence-corrected chi connectivity index (χ2v) is 7.92. The molecule has 3 atom stereocenters. The van der Waals surface area contributed by atoms with Crippen molar-refractivity contribution in [3.63, 3.8) is 0 Å². The summed E-state index contributed by atoms with van der Waals surface area (Å²) in [6.45, 7) is 6.15. The van der Waals surface area contributed by atoms with E-state index in [2.05, 4.69) is 38.6 Å². The van der Waals surface area contributed by atoms with Gasteiger partial charge >= 0.3 is 0 Å². The maximum Gasteiger partial charge on any atom is 0.254 e. The van der Waals surface area contributed by atoms with E-state index in [1.165, 1.54) is 24.0 Å². The molecule has 0 aromatic heterocycles. The van der Waals surface area contributed by atoms with E-state index in [0.29, 0.717) is 18.1 Å². The molecule has 0 saturated carbocycles. The van der Waals surface area contributed by atoms with E-state index in [0.717, 1.165) is 51.3 Å². The number of nitrogens with one attached hydrogen (secondary N) is 2. The van der Waals surface area contributed by atoms with Gasteiger partial charge in [-0.2, -0.15) is 0 Å². The first-order valence-electron chi connectivity index (χ1n) is 9.38. The van der Waals surface area contributed by atoms with Crippen LogP contribution in [-0.4, -0.2) is 60.0 Å². The molecule has 2 bridgehead atoms. The van der Waals surface area contributed by atoms with Crippen LogP contribution in [0.4, 0.5) is 0 Å². The molecule has 5 heterocycles. The van der Waals surface area contributed by atoms with Crippen LogP contribution in [0.2, 0.25) is 0 Å². The minimum Gasteiger partial charge on any atom is -0.330 e. The van der Waals surface area contributed by atoms with Crippen LogP contribution >= 0.6 is 0 Å². The lowest BCUT2D eigenvalue weighted by Crippen LogP contribution is -2.66. The lowest BCUT2D eigenvalue weighted by Gasteiger charge is -2.48. The molecular weight excluding hydrogens is 300 g/mol. The molecule has 24 heavy (non-hydrogen) atoms. The standard InChI is InChI=1S/C19H26N4O/c24-19-18-4-3-13(9-22-11-15-7-16(12-22)21-15)6-14(18)10-23(19)17-2-1-5-20-8-17/h3-4,6,15-17,20-21H,1-2,5,7-12H2. The number of fused-ring (bicyclic) bond motifs is 3. The van der Waals surface area contributed by atoms with E-state index in [4.69, 9.17) is 0 Å². The zero-order chi connectivity index (χ0) is 16.1. The Hall–Kier alpha value is -1.43. The van der Waals surface area contributed by atoms with Crippen molar-refractivity contribution in [2.24, 2.45) is 0 Å². The van der Waals surface area contributed by atoms with Crippen LogP contribution in [0, 0.1) is 0 Å². The molecule has 5 aliphatic heterocycles. The van der Waals surface area contributed by atoms with Gasteiger partial charge in [0, 0.05) is 56.4 Å². The summed E-state index contributed by atoms with van der Waals surface area (Å²) in [5, 5.41) is 7.01. The van der Waals surface area contributed by atoms with Gasteiger partial charge < -0.3 is 15.5 Å². The van der Waals surface area contributed by atoms with Gasteiger partial charge in [0.05, 0.1) is 0 Å². The monoisotopic (exact) mass is 326 g/mol. The van der Waals surface area contributed by atoms with Crippen molar-refractivity contribution in [1.82, 2.24) is 20.4 Å². The summed E-state index contributed by atoms with van der Waals surface area (Å²) >= 11 is 0. The van der Waals surface area contributed by atoms with Gasteiger partial charge in [-0.15, -0.1) is 0 Å². The quantitative estimate of drug-likeness (QED) is 0.868. The van der Waals surface area contributed by atoms with Crippen molar-refractivity contribution in [2.75, 3.05) is 26.2 Å². The molecule has 3 unspecified atom stereocenters. The summed E-state index contributed by atoms with van der Waals surface area (Å²) in [6.07, 6.45) is 3.64. The Morgan fingerprint density at radius 2 is 2.04 bits per heavy atom. The molecule has 4 saturated heterocycles. The molecule has 5 heteroatoms. The number of nitrogens with zero attached hydrogens (tertiary/aromatic N) is 2. The van der Waals surface area contributed by atoms with Gasteiger partial charge in [-0.1, -0.05) is 12.1 Å². The Morgan fingerprint density at radius 1 is 1.21 bits per heavy atom. The van der Waals surface area contributed by atoms with Gasteiger partial charge in [-0.05, 0) is 43.0 Å².